The molecule has 0 atom stereocenters. The third kappa shape index (κ3) is 7.20. The normalized spacial score (nSPS) is 10.0. The topological polar surface area (TPSA) is 67.6 Å². The van der Waals surface area contributed by atoms with E-state index in [-0.39, 0.29) is 42.7 Å². The summed E-state index contributed by atoms with van der Waals surface area (Å²) in [7, 11) is 3.40. The maximum absolute atomic E-state index is 12.1. The molecule has 1 aromatic rings. The molecule has 0 heterocycles. The van der Waals surface area contributed by atoms with Crippen LogP contribution in [-0.2, 0) is 4.79 Å². The molecular formula is C15H27Cl2N3O2. The number of hydrogen-bond acceptors (Lipinski definition) is 4. The van der Waals surface area contributed by atoms with Gasteiger partial charge in [0.1, 0.15) is 5.75 Å². The Hall–Kier alpha value is -1.17. The molecule has 0 unspecified atom stereocenters. The van der Waals surface area contributed by atoms with Crippen molar-refractivity contribution in [3.63, 3.8) is 0 Å². The summed E-state index contributed by atoms with van der Waals surface area (Å²) in [6.07, 6.45) is 0. The van der Waals surface area contributed by atoms with Gasteiger partial charge in [-0.05, 0) is 24.1 Å². The van der Waals surface area contributed by atoms with E-state index in [0.717, 1.165) is 11.4 Å². The monoisotopic (exact) mass is 351 g/mol. The first-order valence-corrected chi connectivity index (χ1v) is 6.70. The summed E-state index contributed by atoms with van der Waals surface area (Å²) >= 11 is 0. The van der Waals surface area contributed by atoms with Gasteiger partial charge in [0.15, 0.2) is 0 Å². The first-order chi connectivity index (χ1) is 9.39. The van der Waals surface area contributed by atoms with Gasteiger partial charge in [-0.25, -0.2) is 0 Å². The highest BCUT2D eigenvalue weighted by Crippen LogP contribution is 2.22. The van der Waals surface area contributed by atoms with Crippen LogP contribution in [0.25, 0.3) is 0 Å². The number of amides is 1. The Kier molecular flexibility index (Phi) is 11.1. The molecule has 1 rings (SSSR count). The zero-order valence-electron chi connectivity index (χ0n) is 13.6. The number of ether oxygens (including phenoxy) is 1. The molecule has 0 aliphatic rings. The lowest BCUT2D eigenvalue weighted by Crippen LogP contribution is -2.41. The number of nitrogens with one attached hydrogen (secondary N) is 1. The Morgan fingerprint density at radius 1 is 1.32 bits per heavy atom. The maximum atomic E-state index is 12.1. The van der Waals surface area contributed by atoms with Gasteiger partial charge in [-0.1, -0.05) is 26.0 Å². The van der Waals surface area contributed by atoms with Crippen molar-refractivity contribution in [1.29, 1.82) is 0 Å². The van der Waals surface area contributed by atoms with Crippen LogP contribution in [0.1, 0.15) is 13.8 Å². The molecular weight excluding hydrogens is 325 g/mol. The number of carbonyl (C=O) groups is 1. The van der Waals surface area contributed by atoms with Gasteiger partial charge in [0, 0.05) is 13.6 Å². The second-order valence-corrected chi connectivity index (χ2v) is 5.67. The Labute approximate surface area is 145 Å². The molecule has 0 saturated heterocycles. The first kappa shape index (κ1) is 23.1. The summed E-state index contributed by atoms with van der Waals surface area (Å²) in [5, 5.41) is 3.10. The van der Waals surface area contributed by atoms with Gasteiger partial charge in [-0.15, -0.1) is 24.8 Å². The van der Waals surface area contributed by atoms with Crippen molar-refractivity contribution in [3.8, 4) is 5.75 Å². The predicted molar refractivity (Wildman–Crippen MR) is 96.5 cm³/mol. The minimum absolute atomic E-state index is 0. The van der Waals surface area contributed by atoms with E-state index in [1.54, 1.807) is 19.1 Å². The molecule has 0 aliphatic carbocycles. The van der Waals surface area contributed by atoms with Crippen molar-refractivity contribution in [2.75, 3.05) is 39.1 Å². The average Bonchev–Trinajstić information content (AvgIpc) is 2.44. The van der Waals surface area contributed by atoms with Gasteiger partial charge in [0.25, 0.3) is 0 Å². The molecule has 0 aromatic heterocycles. The Morgan fingerprint density at radius 3 is 2.45 bits per heavy atom. The third-order valence-corrected chi connectivity index (χ3v) is 3.18. The fraction of sp³-hybridized carbons (Fsp3) is 0.533. The van der Waals surface area contributed by atoms with Crippen molar-refractivity contribution in [2.24, 2.45) is 11.1 Å². The second kappa shape index (κ2) is 10.5. The van der Waals surface area contributed by atoms with E-state index >= 15 is 0 Å². The van der Waals surface area contributed by atoms with Crippen LogP contribution in [0.4, 0.5) is 5.69 Å². The van der Waals surface area contributed by atoms with E-state index in [4.69, 9.17) is 10.5 Å². The Bertz CT molecular complexity index is 456. The number of benzene rings is 1. The summed E-state index contributed by atoms with van der Waals surface area (Å²) in [6, 6.07) is 7.53. The van der Waals surface area contributed by atoms with E-state index in [0.29, 0.717) is 13.1 Å². The number of likely N-dealkylation sites (N-methyl/N-ethyl adjacent to an activating group) is 1. The fourth-order valence-corrected chi connectivity index (χ4v) is 1.89. The van der Waals surface area contributed by atoms with Crippen LogP contribution in [-0.4, -0.2) is 44.6 Å². The average molecular weight is 352 g/mol. The van der Waals surface area contributed by atoms with E-state index in [1.807, 2.05) is 38.1 Å². The summed E-state index contributed by atoms with van der Waals surface area (Å²) in [5.74, 6) is 0.752. The SMILES string of the molecule is COc1ccccc1NCC(=O)N(C)CC(C)(C)CN.Cl.Cl. The van der Waals surface area contributed by atoms with Gasteiger partial charge in [0.05, 0.1) is 19.3 Å². The van der Waals surface area contributed by atoms with Crippen LogP contribution in [0.5, 0.6) is 5.75 Å². The lowest BCUT2D eigenvalue weighted by atomic mass is 9.93. The number of hydrogen-bond donors (Lipinski definition) is 2. The molecule has 7 heteroatoms. The zero-order valence-corrected chi connectivity index (χ0v) is 15.2. The van der Waals surface area contributed by atoms with Crippen LogP contribution in [0.15, 0.2) is 24.3 Å². The van der Waals surface area contributed by atoms with E-state index in [9.17, 15) is 4.79 Å². The molecule has 22 heavy (non-hydrogen) atoms. The minimum Gasteiger partial charge on any atom is -0.495 e. The van der Waals surface area contributed by atoms with Crippen molar-refractivity contribution in [3.05, 3.63) is 24.3 Å². The molecule has 0 saturated carbocycles. The van der Waals surface area contributed by atoms with Crippen LogP contribution < -0.4 is 15.8 Å². The zero-order chi connectivity index (χ0) is 15.2. The first-order valence-electron chi connectivity index (χ1n) is 6.70. The Morgan fingerprint density at radius 2 is 1.91 bits per heavy atom. The highest BCUT2D eigenvalue weighted by molar-refractivity contribution is 5.85. The summed E-state index contributed by atoms with van der Waals surface area (Å²) in [4.78, 5) is 13.8. The number of nitrogens with two attached hydrogens (primary N) is 1. The molecule has 5 nitrogen and oxygen atoms in total. The summed E-state index contributed by atoms with van der Waals surface area (Å²) in [5.41, 5.74) is 6.43. The van der Waals surface area contributed by atoms with Crippen molar-refractivity contribution < 1.29 is 9.53 Å². The van der Waals surface area contributed by atoms with E-state index in [2.05, 4.69) is 5.32 Å². The van der Waals surface area contributed by atoms with Crippen molar-refractivity contribution in [2.45, 2.75) is 13.8 Å². The standard InChI is InChI=1S/C15H25N3O2.2ClH/c1-15(2,10-16)11-18(3)14(19)9-17-12-7-5-6-8-13(12)20-4;;/h5-8,17H,9-11,16H2,1-4H3;2*1H. The molecule has 0 fully saturated rings. The van der Waals surface area contributed by atoms with Gasteiger partial charge in [-0.3, -0.25) is 4.79 Å². The molecule has 1 aromatic carbocycles. The molecule has 0 radical (unpaired) electrons. The van der Waals surface area contributed by atoms with Crippen molar-refractivity contribution >= 4 is 36.4 Å². The molecule has 128 valence electrons. The predicted octanol–water partition coefficient (Wildman–Crippen LogP) is 2.39. The second-order valence-electron chi connectivity index (χ2n) is 5.67. The molecule has 0 bridgehead atoms. The number of anilines is 1. The highest BCUT2D eigenvalue weighted by Gasteiger charge is 2.21. The molecule has 0 spiro atoms. The number of halogens is 2. The molecule has 1 amide bonds. The maximum Gasteiger partial charge on any atom is 0.241 e. The smallest absolute Gasteiger partial charge is 0.241 e. The van der Waals surface area contributed by atoms with Gasteiger partial charge in [-0.2, -0.15) is 0 Å². The van der Waals surface area contributed by atoms with Crippen LogP contribution >= 0.6 is 24.8 Å². The van der Waals surface area contributed by atoms with Gasteiger partial charge in [0.2, 0.25) is 5.91 Å². The fourth-order valence-electron chi connectivity index (χ4n) is 1.89. The number of nitrogens with zero attached hydrogens (tertiary/aromatic N) is 1. The lowest BCUT2D eigenvalue weighted by Gasteiger charge is -2.29. The van der Waals surface area contributed by atoms with Crippen LogP contribution in [0.2, 0.25) is 0 Å². The van der Waals surface area contributed by atoms with Crippen LogP contribution in [0, 0.1) is 5.41 Å². The van der Waals surface area contributed by atoms with Crippen LogP contribution in [0.3, 0.4) is 0 Å². The highest BCUT2D eigenvalue weighted by atomic mass is 35.5. The quantitative estimate of drug-likeness (QED) is 0.791. The summed E-state index contributed by atoms with van der Waals surface area (Å²) in [6.45, 7) is 5.51. The number of rotatable bonds is 7. The largest absolute Gasteiger partial charge is 0.495 e. The number of para-hydroxylation sites is 2. The molecule has 0 aliphatic heterocycles. The van der Waals surface area contributed by atoms with Gasteiger partial charge < -0.3 is 20.7 Å². The minimum atomic E-state index is -0.0746. The van der Waals surface area contributed by atoms with Crippen molar-refractivity contribution in [1.82, 2.24) is 4.90 Å². The lowest BCUT2D eigenvalue weighted by molar-refractivity contribution is -0.129. The molecule has 3 N–H and O–H groups in total. The summed E-state index contributed by atoms with van der Waals surface area (Å²) < 4.78 is 5.23. The number of methoxy groups -OCH3 is 1. The third-order valence-electron chi connectivity index (χ3n) is 3.18. The van der Waals surface area contributed by atoms with Gasteiger partial charge >= 0.3 is 0 Å². The number of carbonyl (C=O) groups excluding carboxylic acids is 1. The Balaban J connectivity index is 0. The van der Waals surface area contributed by atoms with E-state index < -0.39 is 0 Å². The van der Waals surface area contributed by atoms with E-state index in [1.165, 1.54) is 0 Å².